The Bertz CT molecular complexity index is 992. The number of nitrogens with one attached hydrogen (secondary N) is 1. The van der Waals surface area contributed by atoms with Gasteiger partial charge in [-0.3, -0.25) is 0 Å². The molecule has 0 unspecified atom stereocenters. The SMILES string of the molecule is CCNc1nc(-c2c(Cl)c(OC)cc(OC)c2CC)cc2cnc(N)cc12. The van der Waals surface area contributed by atoms with Gasteiger partial charge in [-0.1, -0.05) is 18.5 Å². The predicted octanol–water partition coefficient (Wildman–Crippen LogP) is 4.54. The van der Waals surface area contributed by atoms with E-state index in [9.17, 15) is 0 Å². The van der Waals surface area contributed by atoms with Gasteiger partial charge in [0.05, 0.1) is 24.9 Å². The number of benzene rings is 1. The van der Waals surface area contributed by atoms with Crippen LogP contribution in [0.25, 0.3) is 22.0 Å². The third-order valence-electron chi connectivity index (χ3n) is 4.43. The van der Waals surface area contributed by atoms with E-state index in [4.69, 9.17) is 31.8 Å². The highest BCUT2D eigenvalue weighted by molar-refractivity contribution is 6.35. The molecule has 2 aromatic heterocycles. The molecule has 0 saturated carbocycles. The van der Waals surface area contributed by atoms with Crippen molar-refractivity contribution in [3.63, 3.8) is 0 Å². The normalized spacial score (nSPS) is 10.9. The molecule has 0 fully saturated rings. The van der Waals surface area contributed by atoms with E-state index in [1.54, 1.807) is 26.5 Å². The van der Waals surface area contributed by atoms with E-state index in [1.165, 1.54) is 0 Å². The minimum Gasteiger partial charge on any atom is -0.496 e. The first-order chi connectivity index (χ1) is 13.0. The minimum absolute atomic E-state index is 0.450. The van der Waals surface area contributed by atoms with Crippen LogP contribution in [0.15, 0.2) is 24.4 Å². The third kappa shape index (κ3) is 3.45. The van der Waals surface area contributed by atoms with Crippen LogP contribution < -0.4 is 20.5 Å². The van der Waals surface area contributed by atoms with Gasteiger partial charge in [-0.15, -0.1) is 0 Å². The largest absolute Gasteiger partial charge is 0.496 e. The lowest BCUT2D eigenvalue weighted by Gasteiger charge is -2.18. The van der Waals surface area contributed by atoms with E-state index in [0.717, 1.165) is 52.1 Å². The lowest BCUT2D eigenvalue weighted by atomic mass is 9.98. The molecule has 6 nitrogen and oxygen atoms in total. The van der Waals surface area contributed by atoms with Crippen LogP contribution in [0.4, 0.5) is 11.6 Å². The Hall–Kier alpha value is -2.73. The van der Waals surface area contributed by atoms with Crippen LogP contribution in [0.5, 0.6) is 11.5 Å². The maximum absolute atomic E-state index is 6.69. The Kier molecular flexibility index (Phi) is 5.56. The number of aromatic nitrogens is 2. The maximum Gasteiger partial charge on any atom is 0.141 e. The second kappa shape index (κ2) is 7.88. The zero-order chi connectivity index (χ0) is 19.6. The fourth-order valence-corrected chi connectivity index (χ4v) is 3.53. The van der Waals surface area contributed by atoms with Crippen molar-refractivity contribution in [1.82, 2.24) is 9.97 Å². The van der Waals surface area contributed by atoms with Gasteiger partial charge in [0, 0.05) is 40.7 Å². The van der Waals surface area contributed by atoms with Crippen molar-refractivity contribution in [3.8, 4) is 22.8 Å². The molecular weight excluding hydrogens is 364 g/mol. The number of nitrogens with two attached hydrogens (primary N) is 1. The van der Waals surface area contributed by atoms with Crippen molar-refractivity contribution >= 4 is 34.0 Å². The van der Waals surface area contributed by atoms with Gasteiger partial charge in [0.15, 0.2) is 0 Å². The molecular formula is C20H23ClN4O2. The van der Waals surface area contributed by atoms with Crippen LogP contribution in [0.2, 0.25) is 5.02 Å². The summed E-state index contributed by atoms with van der Waals surface area (Å²) in [6.45, 7) is 4.80. The Morgan fingerprint density at radius 3 is 2.48 bits per heavy atom. The first kappa shape index (κ1) is 19.0. The Morgan fingerprint density at radius 2 is 1.85 bits per heavy atom. The van der Waals surface area contributed by atoms with Gasteiger partial charge in [0.25, 0.3) is 0 Å². The van der Waals surface area contributed by atoms with Gasteiger partial charge in [-0.2, -0.15) is 0 Å². The summed E-state index contributed by atoms with van der Waals surface area (Å²) in [6, 6.07) is 5.58. The van der Waals surface area contributed by atoms with Crippen molar-refractivity contribution in [1.29, 1.82) is 0 Å². The van der Waals surface area contributed by atoms with Crippen LogP contribution in [-0.4, -0.2) is 30.7 Å². The quantitative estimate of drug-likeness (QED) is 0.647. The molecule has 0 amide bonds. The summed E-state index contributed by atoms with van der Waals surface area (Å²) in [5, 5.41) is 5.64. The van der Waals surface area contributed by atoms with E-state index < -0.39 is 0 Å². The number of pyridine rings is 2. The number of nitrogen functional groups attached to an aromatic ring is 1. The molecule has 0 bridgehead atoms. The molecule has 0 atom stereocenters. The van der Waals surface area contributed by atoms with E-state index in [0.29, 0.717) is 16.6 Å². The smallest absolute Gasteiger partial charge is 0.141 e. The first-order valence-electron chi connectivity index (χ1n) is 8.77. The van der Waals surface area contributed by atoms with Crippen LogP contribution >= 0.6 is 11.6 Å². The molecule has 0 spiro atoms. The van der Waals surface area contributed by atoms with Gasteiger partial charge >= 0.3 is 0 Å². The molecule has 27 heavy (non-hydrogen) atoms. The van der Waals surface area contributed by atoms with Gasteiger partial charge in [0.2, 0.25) is 0 Å². The topological polar surface area (TPSA) is 82.3 Å². The molecule has 3 rings (SSSR count). The highest BCUT2D eigenvalue weighted by Gasteiger charge is 2.21. The van der Waals surface area contributed by atoms with Crippen LogP contribution in [0, 0.1) is 0 Å². The molecule has 2 heterocycles. The monoisotopic (exact) mass is 386 g/mol. The summed E-state index contributed by atoms with van der Waals surface area (Å²) in [4.78, 5) is 9.05. The number of rotatable bonds is 6. The molecule has 0 radical (unpaired) electrons. The van der Waals surface area contributed by atoms with Crippen molar-refractivity contribution in [3.05, 3.63) is 35.0 Å². The molecule has 0 aliphatic carbocycles. The van der Waals surface area contributed by atoms with Crippen LogP contribution in [0.1, 0.15) is 19.4 Å². The van der Waals surface area contributed by atoms with Crippen LogP contribution in [0.3, 0.4) is 0 Å². The molecule has 0 aliphatic rings. The molecule has 1 aromatic carbocycles. The number of hydrogen-bond acceptors (Lipinski definition) is 6. The molecule has 142 valence electrons. The second-order valence-electron chi connectivity index (χ2n) is 6.02. The zero-order valence-electron chi connectivity index (χ0n) is 15.9. The van der Waals surface area contributed by atoms with Gasteiger partial charge in [0.1, 0.15) is 23.1 Å². The van der Waals surface area contributed by atoms with Crippen molar-refractivity contribution < 1.29 is 9.47 Å². The summed E-state index contributed by atoms with van der Waals surface area (Å²) < 4.78 is 11.0. The highest BCUT2D eigenvalue weighted by atomic mass is 35.5. The van der Waals surface area contributed by atoms with Crippen molar-refractivity contribution in [2.24, 2.45) is 0 Å². The summed E-state index contributed by atoms with van der Waals surface area (Å²) in [5.74, 6) is 2.45. The molecule has 0 aliphatic heterocycles. The fraction of sp³-hybridized carbons (Fsp3) is 0.300. The van der Waals surface area contributed by atoms with E-state index >= 15 is 0 Å². The first-order valence-corrected chi connectivity index (χ1v) is 9.15. The van der Waals surface area contributed by atoms with Gasteiger partial charge < -0.3 is 20.5 Å². The Labute approximate surface area is 163 Å². The van der Waals surface area contributed by atoms with Gasteiger partial charge in [-0.05, 0) is 25.5 Å². The number of ether oxygens (including phenoxy) is 2. The number of fused-ring (bicyclic) bond motifs is 1. The molecule has 7 heteroatoms. The average Bonchev–Trinajstić information content (AvgIpc) is 2.67. The lowest BCUT2D eigenvalue weighted by Crippen LogP contribution is -2.04. The van der Waals surface area contributed by atoms with Gasteiger partial charge in [-0.25, -0.2) is 9.97 Å². The lowest BCUT2D eigenvalue weighted by molar-refractivity contribution is 0.392. The number of halogens is 1. The summed E-state index contributed by atoms with van der Waals surface area (Å²) in [6.07, 6.45) is 2.48. The second-order valence-corrected chi connectivity index (χ2v) is 6.40. The summed E-state index contributed by atoms with van der Waals surface area (Å²) >= 11 is 6.69. The molecule has 0 saturated heterocycles. The third-order valence-corrected chi connectivity index (χ3v) is 4.80. The van der Waals surface area contributed by atoms with E-state index in [-0.39, 0.29) is 0 Å². The van der Waals surface area contributed by atoms with Crippen molar-refractivity contribution in [2.45, 2.75) is 20.3 Å². The Morgan fingerprint density at radius 1 is 1.11 bits per heavy atom. The fourth-order valence-electron chi connectivity index (χ4n) is 3.19. The number of methoxy groups -OCH3 is 2. The standard InChI is InChI=1S/C20H23ClN4O2/c1-5-12-15(26-3)9-16(27-4)19(21)18(12)14-7-11-10-24-17(22)8-13(11)20(25-14)23-6-2/h7-10H,5-6H2,1-4H3,(H2,22,24)(H,23,25). The average molecular weight is 387 g/mol. The number of anilines is 2. The minimum atomic E-state index is 0.450. The predicted molar refractivity (Wildman–Crippen MR) is 111 cm³/mol. The summed E-state index contributed by atoms with van der Waals surface area (Å²) in [7, 11) is 3.22. The maximum atomic E-state index is 6.69. The Balaban J connectivity index is 2.36. The highest BCUT2D eigenvalue weighted by Crippen LogP contribution is 2.44. The zero-order valence-corrected chi connectivity index (χ0v) is 16.6. The van der Waals surface area contributed by atoms with Crippen molar-refractivity contribution in [2.75, 3.05) is 31.8 Å². The van der Waals surface area contributed by atoms with E-state index in [2.05, 4.69) is 17.2 Å². The summed E-state index contributed by atoms with van der Waals surface area (Å²) in [5.41, 5.74) is 8.36. The molecule has 3 N–H and O–H groups in total. The number of nitrogens with zero attached hydrogens (tertiary/aromatic N) is 2. The van der Waals surface area contributed by atoms with Crippen LogP contribution in [-0.2, 0) is 6.42 Å². The number of hydrogen-bond donors (Lipinski definition) is 2. The molecule has 3 aromatic rings. The van der Waals surface area contributed by atoms with E-state index in [1.807, 2.05) is 19.1 Å².